The van der Waals surface area contributed by atoms with Crippen LogP contribution in [0.25, 0.3) is 5.76 Å². The lowest BCUT2D eigenvalue weighted by atomic mass is 9.95. The van der Waals surface area contributed by atoms with Crippen LogP contribution in [0.4, 0.5) is 0 Å². The number of methoxy groups -OCH3 is 1. The van der Waals surface area contributed by atoms with Gasteiger partial charge in [0.25, 0.3) is 11.7 Å². The van der Waals surface area contributed by atoms with Crippen molar-refractivity contribution in [3.63, 3.8) is 0 Å². The summed E-state index contributed by atoms with van der Waals surface area (Å²) in [5.74, 6) is -0.611. The summed E-state index contributed by atoms with van der Waals surface area (Å²) in [5, 5.41) is 11.6. The van der Waals surface area contributed by atoms with Crippen molar-refractivity contribution >= 4 is 29.1 Å². The number of hydrogen-bond acceptors (Lipinski definition) is 6. The number of halogens is 1. The summed E-state index contributed by atoms with van der Waals surface area (Å²) >= 11 is 5.97. The Labute approximate surface area is 204 Å². The normalized spacial score (nSPS) is 17.3. The van der Waals surface area contributed by atoms with Crippen molar-refractivity contribution < 1.29 is 28.9 Å². The summed E-state index contributed by atoms with van der Waals surface area (Å²) in [4.78, 5) is 27.4. The number of rotatable bonds is 11. The number of unbranched alkanes of at least 4 members (excludes halogenated alkanes) is 1. The van der Waals surface area contributed by atoms with Crippen molar-refractivity contribution in [3.05, 3.63) is 64.2 Å². The minimum absolute atomic E-state index is 0.00512. The number of carbonyl (C=O) groups excluding carboxylic acids is 2. The molecule has 182 valence electrons. The molecule has 2 aromatic rings. The molecule has 0 aliphatic carbocycles. The summed E-state index contributed by atoms with van der Waals surface area (Å²) in [7, 11) is 1.52. The minimum atomic E-state index is -0.810. The van der Waals surface area contributed by atoms with Crippen molar-refractivity contribution in [1.82, 2.24) is 4.90 Å². The topological polar surface area (TPSA) is 85.3 Å². The molecule has 1 amide bonds. The summed E-state index contributed by atoms with van der Waals surface area (Å²) in [5.41, 5.74) is 1.02. The molecular weight excluding hydrogens is 458 g/mol. The molecule has 1 saturated heterocycles. The molecule has 8 heteroatoms. The quantitative estimate of drug-likeness (QED) is 0.208. The lowest BCUT2D eigenvalue weighted by Crippen LogP contribution is -2.32. The number of hydrogen-bond donors (Lipinski definition) is 1. The summed E-state index contributed by atoms with van der Waals surface area (Å²) in [6.07, 6.45) is 1.91. The second-order valence-corrected chi connectivity index (χ2v) is 8.27. The van der Waals surface area contributed by atoms with Gasteiger partial charge in [-0.25, -0.2) is 0 Å². The van der Waals surface area contributed by atoms with Gasteiger partial charge in [-0.05, 0) is 55.3 Å². The highest BCUT2D eigenvalue weighted by Crippen LogP contribution is 2.42. The van der Waals surface area contributed by atoms with E-state index in [0.29, 0.717) is 40.9 Å². The van der Waals surface area contributed by atoms with Crippen LogP contribution in [0.2, 0.25) is 5.02 Å². The molecule has 2 aromatic carbocycles. The smallest absolute Gasteiger partial charge is 0.295 e. The molecule has 0 spiro atoms. The van der Waals surface area contributed by atoms with Crippen LogP contribution < -0.4 is 9.47 Å². The molecule has 1 fully saturated rings. The highest BCUT2D eigenvalue weighted by Gasteiger charge is 2.46. The van der Waals surface area contributed by atoms with Gasteiger partial charge in [-0.1, -0.05) is 31.0 Å². The summed E-state index contributed by atoms with van der Waals surface area (Å²) < 4.78 is 16.8. The lowest BCUT2D eigenvalue weighted by Gasteiger charge is -2.26. The predicted molar refractivity (Wildman–Crippen MR) is 130 cm³/mol. The predicted octanol–water partition coefficient (Wildman–Crippen LogP) is 4.99. The van der Waals surface area contributed by atoms with Gasteiger partial charge in [-0.2, -0.15) is 0 Å². The Morgan fingerprint density at radius 2 is 1.76 bits per heavy atom. The van der Waals surface area contributed by atoms with Gasteiger partial charge in [0.05, 0.1) is 31.4 Å². The van der Waals surface area contributed by atoms with Gasteiger partial charge >= 0.3 is 0 Å². The van der Waals surface area contributed by atoms with E-state index in [1.165, 1.54) is 12.0 Å². The fourth-order valence-electron chi connectivity index (χ4n) is 3.82. The zero-order valence-corrected chi connectivity index (χ0v) is 20.4. The highest BCUT2D eigenvalue weighted by atomic mass is 35.5. The van der Waals surface area contributed by atoms with Crippen LogP contribution in [0, 0.1) is 0 Å². The third-order valence-electron chi connectivity index (χ3n) is 5.53. The molecule has 1 unspecified atom stereocenters. The number of ketones is 1. The number of benzene rings is 2. The molecule has 0 radical (unpaired) electrons. The van der Waals surface area contributed by atoms with Crippen LogP contribution in [0.3, 0.4) is 0 Å². The van der Waals surface area contributed by atoms with Gasteiger partial charge in [-0.3, -0.25) is 9.59 Å². The van der Waals surface area contributed by atoms with Gasteiger partial charge < -0.3 is 24.2 Å². The van der Waals surface area contributed by atoms with Gasteiger partial charge in [0.1, 0.15) is 5.76 Å². The zero-order chi connectivity index (χ0) is 24.7. The Hall–Kier alpha value is -3.03. The van der Waals surface area contributed by atoms with E-state index < -0.39 is 17.7 Å². The summed E-state index contributed by atoms with van der Waals surface area (Å²) in [6.45, 7) is 5.34. The number of likely N-dealkylation sites (tertiary alicyclic amines) is 1. The number of carbonyl (C=O) groups is 2. The number of Topliss-reactive ketones (excluding diaryl/α,β-unsaturated/α-hetero) is 1. The molecule has 3 rings (SSSR count). The van der Waals surface area contributed by atoms with Crippen LogP contribution in [0.5, 0.6) is 11.5 Å². The molecule has 34 heavy (non-hydrogen) atoms. The largest absolute Gasteiger partial charge is 0.507 e. The number of amides is 1. The average molecular weight is 488 g/mol. The van der Waals surface area contributed by atoms with Crippen molar-refractivity contribution in [2.75, 3.05) is 33.5 Å². The van der Waals surface area contributed by atoms with Crippen LogP contribution in [0.15, 0.2) is 48.0 Å². The van der Waals surface area contributed by atoms with Crippen molar-refractivity contribution in [2.45, 2.75) is 32.7 Å². The third-order valence-corrected chi connectivity index (χ3v) is 5.78. The van der Waals surface area contributed by atoms with E-state index in [4.69, 9.17) is 25.8 Å². The van der Waals surface area contributed by atoms with Crippen molar-refractivity contribution in [3.8, 4) is 11.5 Å². The maximum Gasteiger partial charge on any atom is 0.295 e. The minimum Gasteiger partial charge on any atom is -0.507 e. The molecule has 1 N–H and O–H groups in total. The van der Waals surface area contributed by atoms with Crippen LogP contribution in [-0.2, 0) is 14.3 Å². The molecule has 0 aromatic heterocycles. The number of aliphatic hydroxyl groups is 1. The Morgan fingerprint density at radius 3 is 2.41 bits per heavy atom. The van der Waals surface area contributed by atoms with E-state index in [9.17, 15) is 14.7 Å². The van der Waals surface area contributed by atoms with E-state index in [-0.39, 0.29) is 24.5 Å². The Kier molecular flexibility index (Phi) is 8.96. The fourth-order valence-corrected chi connectivity index (χ4v) is 3.94. The van der Waals surface area contributed by atoms with Gasteiger partial charge in [0.15, 0.2) is 11.5 Å². The molecular formula is C26H30ClNO6. The molecule has 1 aliphatic rings. The van der Waals surface area contributed by atoms with Gasteiger partial charge in [0.2, 0.25) is 0 Å². The van der Waals surface area contributed by atoms with Crippen LogP contribution >= 0.6 is 11.6 Å². The van der Waals surface area contributed by atoms with E-state index in [0.717, 1.165) is 12.8 Å². The first-order valence-corrected chi connectivity index (χ1v) is 11.7. The molecule has 7 nitrogen and oxygen atoms in total. The molecule has 1 heterocycles. The SMILES string of the molecule is CCCCOc1ccc(C2C(=C(O)c3ccc(Cl)cc3)C(=O)C(=O)N2CCOC)cc1OCC. The fraction of sp³-hybridized carbons (Fsp3) is 0.385. The molecule has 1 atom stereocenters. The van der Waals surface area contributed by atoms with Crippen molar-refractivity contribution in [1.29, 1.82) is 0 Å². The second-order valence-electron chi connectivity index (χ2n) is 7.83. The van der Waals surface area contributed by atoms with Crippen LogP contribution in [0.1, 0.15) is 43.9 Å². The number of nitrogens with zero attached hydrogens (tertiary/aromatic N) is 1. The third kappa shape index (κ3) is 5.54. The zero-order valence-electron chi connectivity index (χ0n) is 19.7. The standard InChI is InChI=1S/C26H30ClNO6/c1-4-6-14-34-20-12-9-18(16-21(20)33-5-2)23-22(24(29)17-7-10-19(27)11-8-17)25(30)26(31)28(23)13-15-32-3/h7-12,16,23,29H,4-6,13-15H2,1-3H3. The lowest BCUT2D eigenvalue weighted by molar-refractivity contribution is -0.140. The van der Waals surface area contributed by atoms with E-state index in [2.05, 4.69) is 6.92 Å². The molecule has 1 aliphatic heterocycles. The summed E-state index contributed by atoms with van der Waals surface area (Å²) in [6, 6.07) is 10.9. The van der Waals surface area contributed by atoms with Gasteiger partial charge in [0, 0.05) is 24.2 Å². The second kappa shape index (κ2) is 11.9. The monoisotopic (exact) mass is 487 g/mol. The first-order chi connectivity index (χ1) is 16.4. The Balaban J connectivity index is 2.11. The van der Waals surface area contributed by atoms with Gasteiger partial charge in [-0.15, -0.1) is 0 Å². The number of aliphatic hydroxyl groups excluding tert-OH is 1. The van der Waals surface area contributed by atoms with Crippen LogP contribution in [-0.4, -0.2) is 55.2 Å². The first kappa shape index (κ1) is 25.6. The Morgan fingerprint density at radius 1 is 1.03 bits per heavy atom. The van der Waals surface area contributed by atoms with E-state index in [1.54, 1.807) is 42.5 Å². The Bertz CT molecular complexity index is 1050. The average Bonchev–Trinajstić information content (AvgIpc) is 3.08. The van der Waals surface area contributed by atoms with E-state index in [1.807, 2.05) is 6.92 Å². The first-order valence-electron chi connectivity index (χ1n) is 11.4. The van der Waals surface area contributed by atoms with E-state index >= 15 is 0 Å². The number of ether oxygens (including phenoxy) is 3. The van der Waals surface area contributed by atoms with Crippen molar-refractivity contribution in [2.24, 2.45) is 0 Å². The maximum absolute atomic E-state index is 13.1. The maximum atomic E-state index is 13.1. The molecule has 0 saturated carbocycles. The highest BCUT2D eigenvalue weighted by molar-refractivity contribution is 6.46. The molecule has 0 bridgehead atoms.